The number of rotatable bonds is 7. The lowest BCUT2D eigenvalue weighted by Crippen LogP contribution is -2.38. The van der Waals surface area contributed by atoms with Gasteiger partial charge in [-0.05, 0) is 61.9 Å². The van der Waals surface area contributed by atoms with Crippen molar-refractivity contribution in [1.82, 2.24) is 19.6 Å². The van der Waals surface area contributed by atoms with Crippen LogP contribution in [0.3, 0.4) is 0 Å². The second-order valence-electron chi connectivity index (χ2n) is 8.56. The first-order valence-electron chi connectivity index (χ1n) is 11.3. The largest absolute Gasteiger partial charge is 0.352 e. The number of hydrogen-bond acceptors (Lipinski definition) is 3. The number of imidazole rings is 1. The standard InChI is InChI=1S/C25H29FN4O2/c1-18-5-7-21(26)16-22(18)25(32)29-13-9-19(10-14-29)4-2-3-11-28-24(31)20-6-8-23-27-12-15-30(23)17-20/h5-8,12,15-17,19H,2-4,9-11,13-14H2,1H3,(H,28,31). The van der Waals surface area contributed by atoms with Gasteiger partial charge in [0.25, 0.3) is 11.8 Å². The van der Waals surface area contributed by atoms with Gasteiger partial charge in [0.05, 0.1) is 5.56 Å². The van der Waals surface area contributed by atoms with E-state index in [9.17, 15) is 14.0 Å². The molecule has 6 nitrogen and oxygen atoms in total. The Balaban J connectivity index is 1.15. The molecule has 0 radical (unpaired) electrons. The number of carbonyl (C=O) groups excluding carboxylic acids is 2. The van der Waals surface area contributed by atoms with Crippen LogP contribution < -0.4 is 5.32 Å². The van der Waals surface area contributed by atoms with Gasteiger partial charge in [-0.3, -0.25) is 9.59 Å². The molecule has 3 heterocycles. The van der Waals surface area contributed by atoms with Gasteiger partial charge >= 0.3 is 0 Å². The van der Waals surface area contributed by atoms with Crippen LogP contribution in [0.15, 0.2) is 48.9 Å². The molecular formula is C25H29FN4O2. The Hall–Kier alpha value is -3.22. The normalized spacial score (nSPS) is 14.6. The highest BCUT2D eigenvalue weighted by molar-refractivity contribution is 5.95. The molecule has 0 bridgehead atoms. The minimum absolute atomic E-state index is 0.0694. The van der Waals surface area contributed by atoms with Gasteiger partial charge in [0.15, 0.2) is 0 Å². The first-order valence-corrected chi connectivity index (χ1v) is 11.3. The number of unbranched alkanes of at least 4 members (excludes halogenated alkanes) is 1. The molecule has 4 rings (SSSR count). The predicted molar refractivity (Wildman–Crippen MR) is 121 cm³/mol. The van der Waals surface area contributed by atoms with Crippen LogP contribution in [0.5, 0.6) is 0 Å². The van der Waals surface area contributed by atoms with Crippen LogP contribution in [-0.4, -0.2) is 45.7 Å². The van der Waals surface area contributed by atoms with Crippen molar-refractivity contribution in [3.8, 4) is 0 Å². The highest BCUT2D eigenvalue weighted by atomic mass is 19.1. The molecule has 1 aliphatic rings. The molecule has 7 heteroatoms. The lowest BCUT2D eigenvalue weighted by Gasteiger charge is -2.32. The lowest BCUT2D eigenvalue weighted by molar-refractivity contribution is 0.0684. The van der Waals surface area contributed by atoms with Gasteiger partial charge < -0.3 is 14.6 Å². The van der Waals surface area contributed by atoms with Gasteiger partial charge in [-0.1, -0.05) is 18.9 Å². The maximum absolute atomic E-state index is 13.5. The zero-order valence-corrected chi connectivity index (χ0v) is 18.4. The number of piperidine rings is 1. The average Bonchev–Trinajstić information content (AvgIpc) is 3.28. The number of likely N-dealkylation sites (tertiary alicyclic amines) is 1. The summed E-state index contributed by atoms with van der Waals surface area (Å²) in [5.41, 5.74) is 2.72. The van der Waals surface area contributed by atoms with Gasteiger partial charge in [0.2, 0.25) is 0 Å². The number of aromatic nitrogens is 2. The van der Waals surface area contributed by atoms with Crippen molar-refractivity contribution in [2.75, 3.05) is 19.6 Å². The van der Waals surface area contributed by atoms with E-state index in [-0.39, 0.29) is 17.6 Å². The first-order chi connectivity index (χ1) is 15.5. The SMILES string of the molecule is Cc1ccc(F)cc1C(=O)N1CCC(CCCCNC(=O)c2ccc3nccn3c2)CC1. The van der Waals surface area contributed by atoms with E-state index in [1.807, 2.05) is 28.5 Å². The fourth-order valence-corrected chi connectivity index (χ4v) is 4.34. The number of amides is 2. The van der Waals surface area contributed by atoms with E-state index in [2.05, 4.69) is 10.3 Å². The van der Waals surface area contributed by atoms with Crippen molar-refractivity contribution >= 4 is 17.5 Å². The smallest absolute Gasteiger partial charge is 0.254 e. The quantitative estimate of drug-likeness (QED) is 0.564. The van der Waals surface area contributed by atoms with E-state index in [4.69, 9.17) is 0 Å². The maximum Gasteiger partial charge on any atom is 0.254 e. The van der Waals surface area contributed by atoms with Gasteiger partial charge in [-0.25, -0.2) is 9.37 Å². The van der Waals surface area contributed by atoms with E-state index in [1.165, 1.54) is 12.1 Å². The molecule has 0 unspecified atom stereocenters. The summed E-state index contributed by atoms with van der Waals surface area (Å²) in [5, 5.41) is 2.99. The molecule has 168 valence electrons. The van der Waals surface area contributed by atoms with E-state index in [0.717, 1.165) is 43.3 Å². The first kappa shape index (κ1) is 22.0. The second kappa shape index (κ2) is 9.94. The monoisotopic (exact) mass is 436 g/mol. The number of hydrogen-bond donors (Lipinski definition) is 1. The number of carbonyl (C=O) groups is 2. The van der Waals surface area contributed by atoms with Crippen LogP contribution >= 0.6 is 0 Å². The molecule has 1 aliphatic heterocycles. The third-order valence-electron chi connectivity index (χ3n) is 6.31. The Morgan fingerprint density at radius 1 is 1.16 bits per heavy atom. The summed E-state index contributed by atoms with van der Waals surface area (Å²) >= 11 is 0. The van der Waals surface area contributed by atoms with Crippen molar-refractivity contribution in [2.45, 2.75) is 39.0 Å². The molecule has 1 saturated heterocycles. The van der Waals surface area contributed by atoms with Crippen LogP contribution in [0.2, 0.25) is 0 Å². The van der Waals surface area contributed by atoms with Crippen molar-refractivity contribution in [3.05, 3.63) is 71.4 Å². The Morgan fingerprint density at radius 2 is 1.97 bits per heavy atom. The third-order valence-corrected chi connectivity index (χ3v) is 6.31. The van der Waals surface area contributed by atoms with Crippen LogP contribution in [0.1, 0.15) is 58.4 Å². The van der Waals surface area contributed by atoms with E-state index in [1.54, 1.807) is 24.5 Å². The Morgan fingerprint density at radius 3 is 2.78 bits per heavy atom. The van der Waals surface area contributed by atoms with Gasteiger partial charge in [-0.2, -0.15) is 0 Å². The van der Waals surface area contributed by atoms with Crippen molar-refractivity contribution in [3.63, 3.8) is 0 Å². The molecule has 0 saturated carbocycles. The number of nitrogens with zero attached hydrogens (tertiary/aromatic N) is 3. The second-order valence-corrected chi connectivity index (χ2v) is 8.56. The van der Waals surface area contributed by atoms with Crippen LogP contribution in [-0.2, 0) is 0 Å². The fourth-order valence-electron chi connectivity index (χ4n) is 4.34. The maximum atomic E-state index is 13.5. The van der Waals surface area contributed by atoms with Gasteiger partial charge in [0.1, 0.15) is 11.5 Å². The Kier molecular flexibility index (Phi) is 6.83. The molecule has 3 aromatic rings. The molecule has 0 aliphatic carbocycles. The summed E-state index contributed by atoms with van der Waals surface area (Å²) in [6.07, 6.45) is 10.3. The molecule has 1 fully saturated rings. The summed E-state index contributed by atoms with van der Waals surface area (Å²) in [6.45, 7) is 3.92. The molecule has 2 amide bonds. The third kappa shape index (κ3) is 5.15. The topological polar surface area (TPSA) is 66.7 Å². The zero-order valence-electron chi connectivity index (χ0n) is 18.4. The number of aryl methyl sites for hydroxylation is 1. The molecule has 2 aromatic heterocycles. The minimum Gasteiger partial charge on any atom is -0.352 e. The fraction of sp³-hybridized carbons (Fsp3) is 0.400. The van der Waals surface area contributed by atoms with E-state index >= 15 is 0 Å². The average molecular weight is 437 g/mol. The molecule has 0 spiro atoms. The molecular weight excluding hydrogens is 407 g/mol. The summed E-state index contributed by atoms with van der Waals surface area (Å²) in [4.78, 5) is 31.1. The van der Waals surface area contributed by atoms with Gasteiger partial charge in [0, 0.05) is 43.8 Å². The number of halogens is 1. The van der Waals surface area contributed by atoms with Crippen LogP contribution in [0, 0.1) is 18.7 Å². The van der Waals surface area contributed by atoms with Crippen molar-refractivity contribution < 1.29 is 14.0 Å². The summed E-state index contributed by atoms with van der Waals surface area (Å²) < 4.78 is 15.4. The van der Waals surface area contributed by atoms with Gasteiger partial charge in [-0.15, -0.1) is 0 Å². The lowest BCUT2D eigenvalue weighted by atomic mass is 9.91. The Bertz CT molecular complexity index is 1100. The summed E-state index contributed by atoms with van der Waals surface area (Å²) in [5.74, 6) is 0.0762. The number of nitrogens with one attached hydrogen (secondary N) is 1. The Labute approximate surface area is 187 Å². The number of fused-ring (bicyclic) bond motifs is 1. The number of pyridine rings is 1. The molecule has 32 heavy (non-hydrogen) atoms. The highest BCUT2D eigenvalue weighted by Crippen LogP contribution is 2.24. The van der Waals surface area contributed by atoms with Crippen LogP contribution in [0.25, 0.3) is 5.65 Å². The minimum atomic E-state index is -0.372. The molecule has 1 N–H and O–H groups in total. The zero-order chi connectivity index (χ0) is 22.5. The predicted octanol–water partition coefficient (Wildman–Crippen LogP) is 4.23. The van der Waals surface area contributed by atoms with Crippen molar-refractivity contribution in [1.29, 1.82) is 0 Å². The van der Waals surface area contributed by atoms with E-state index < -0.39 is 0 Å². The summed E-state index contributed by atoms with van der Waals surface area (Å²) in [6, 6.07) is 8.01. The molecule has 0 atom stereocenters. The molecule has 1 aromatic carbocycles. The van der Waals surface area contributed by atoms with Crippen molar-refractivity contribution in [2.24, 2.45) is 5.92 Å². The van der Waals surface area contributed by atoms with E-state index in [0.29, 0.717) is 36.7 Å². The highest BCUT2D eigenvalue weighted by Gasteiger charge is 2.24. The summed E-state index contributed by atoms with van der Waals surface area (Å²) in [7, 11) is 0. The van der Waals surface area contributed by atoms with Crippen LogP contribution in [0.4, 0.5) is 4.39 Å². The number of benzene rings is 1.